The Kier molecular flexibility index (Phi) is 3.86. The molecule has 3 rings (SSSR count). The third kappa shape index (κ3) is 2.70. The Morgan fingerprint density at radius 3 is 2.45 bits per heavy atom. The van der Waals surface area contributed by atoms with Crippen LogP contribution in [0.4, 0.5) is 13.2 Å². The fourth-order valence-electron chi connectivity index (χ4n) is 2.76. The lowest BCUT2D eigenvalue weighted by Gasteiger charge is -2.30. The van der Waals surface area contributed by atoms with E-state index in [2.05, 4.69) is 21.4 Å². The molecule has 1 aliphatic heterocycles. The first-order valence-electron chi connectivity index (χ1n) is 6.68. The van der Waals surface area contributed by atoms with Crippen LogP contribution in [0.25, 0.3) is 10.8 Å². The van der Waals surface area contributed by atoms with Gasteiger partial charge in [-0.3, -0.25) is 10.2 Å². The Balaban J connectivity index is 2.19. The van der Waals surface area contributed by atoms with Crippen molar-refractivity contribution >= 4 is 32.6 Å². The number of rotatable bonds is 2. The van der Waals surface area contributed by atoms with Gasteiger partial charge in [-0.2, -0.15) is 13.2 Å². The molecule has 116 valence electrons. The van der Waals surface area contributed by atoms with Crippen molar-refractivity contribution in [3.63, 3.8) is 0 Å². The highest BCUT2D eigenvalue weighted by Gasteiger charge is 2.47. The molecule has 2 aromatic rings. The average Bonchev–Trinajstić information content (AvgIpc) is 2.84. The highest BCUT2D eigenvalue weighted by atomic mass is 79.9. The maximum atomic E-state index is 13.6. The van der Waals surface area contributed by atoms with E-state index in [1.165, 1.54) is 6.07 Å². The topological polar surface area (TPSA) is 32.3 Å². The second-order valence-electron chi connectivity index (χ2n) is 5.11. The van der Waals surface area contributed by atoms with Crippen molar-refractivity contribution in [2.24, 2.45) is 0 Å². The normalized spacial score (nSPS) is 17.7. The van der Waals surface area contributed by atoms with E-state index in [9.17, 15) is 18.0 Å². The molecule has 0 radical (unpaired) electrons. The summed E-state index contributed by atoms with van der Waals surface area (Å²) in [4.78, 5) is 11.3. The van der Waals surface area contributed by atoms with Crippen LogP contribution < -0.4 is 5.43 Å². The zero-order chi connectivity index (χ0) is 15.9. The molecule has 0 saturated carbocycles. The second-order valence-corrected chi connectivity index (χ2v) is 5.96. The Hall–Kier alpha value is -1.60. The first kappa shape index (κ1) is 15.3. The number of benzene rings is 2. The van der Waals surface area contributed by atoms with E-state index in [4.69, 9.17) is 0 Å². The Morgan fingerprint density at radius 2 is 1.86 bits per heavy atom. The van der Waals surface area contributed by atoms with Crippen LogP contribution in [-0.2, 0) is 4.79 Å². The van der Waals surface area contributed by atoms with Crippen molar-refractivity contribution in [3.8, 4) is 0 Å². The molecule has 1 aliphatic rings. The number of nitrogens with zero attached hydrogens (tertiary/aromatic N) is 1. The predicted molar refractivity (Wildman–Crippen MR) is 79.9 cm³/mol. The van der Waals surface area contributed by atoms with Gasteiger partial charge < -0.3 is 0 Å². The molecule has 1 N–H and O–H groups in total. The Bertz CT molecular complexity index is 727. The number of hydrazine groups is 1. The van der Waals surface area contributed by atoms with E-state index in [0.717, 1.165) is 5.01 Å². The molecule has 1 saturated heterocycles. The molecule has 1 atom stereocenters. The summed E-state index contributed by atoms with van der Waals surface area (Å²) in [5.74, 6) is -0.395. The molecule has 0 bridgehead atoms. The molecule has 0 unspecified atom stereocenters. The quantitative estimate of drug-likeness (QED) is 0.865. The predicted octanol–water partition coefficient (Wildman–Crippen LogP) is 3.94. The van der Waals surface area contributed by atoms with E-state index in [-0.39, 0.29) is 18.5 Å². The molecule has 22 heavy (non-hydrogen) atoms. The van der Waals surface area contributed by atoms with Crippen LogP contribution in [-0.4, -0.2) is 23.6 Å². The van der Waals surface area contributed by atoms with Gasteiger partial charge in [0.2, 0.25) is 5.91 Å². The first-order chi connectivity index (χ1) is 10.4. The first-order valence-corrected chi connectivity index (χ1v) is 7.47. The Morgan fingerprint density at radius 1 is 1.18 bits per heavy atom. The molecular weight excluding hydrogens is 361 g/mol. The number of alkyl halides is 3. The smallest absolute Gasteiger partial charge is 0.288 e. The molecule has 7 heteroatoms. The molecule has 1 heterocycles. The van der Waals surface area contributed by atoms with Gasteiger partial charge in [0, 0.05) is 22.8 Å². The van der Waals surface area contributed by atoms with Gasteiger partial charge in [0.15, 0.2) is 6.04 Å². The van der Waals surface area contributed by atoms with Crippen LogP contribution in [0.15, 0.2) is 40.9 Å². The van der Waals surface area contributed by atoms with Crippen LogP contribution in [0.2, 0.25) is 0 Å². The number of hydrogen-bond acceptors (Lipinski definition) is 2. The maximum Gasteiger partial charge on any atom is 0.409 e. The van der Waals surface area contributed by atoms with Gasteiger partial charge >= 0.3 is 6.18 Å². The average molecular weight is 373 g/mol. The monoisotopic (exact) mass is 372 g/mol. The van der Waals surface area contributed by atoms with Crippen molar-refractivity contribution in [3.05, 3.63) is 46.4 Å². The summed E-state index contributed by atoms with van der Waals surface area (Å²) in [6.45, 7) is 0.0316. The Labute approximate surface area is 133 Å². The summed E-state index contributed by atoms with van der Waals surface area (Å²) in [6, 6.07) is 8.19. The summed E-state index contributed by atoms with van der Waals surface area (Å²) in [6.07, 6.45) is -4.43. The van der Waals surface area contributed by atoms with Gasteiger partial charge in [0.05, 0.1) is 0 Å². The van der Waals surface area contributed by atoms with Crippen molar-refractivity contribution in [2.75, 3.05) is 6.54 Å². The third-order valence-corrected chi connectivity index (χ3v) is 4.31. The lowest BCUT2D eigenvalue weighted by atomic mass is 9.98. The van der Waals surface area contributed by atoms with Gasteiger partial charge in [-0.05, 0) is 17.0 Å². The summed E-state index contributed by atoms with van der Waals surface area (Å²) in [5.41, 5.74) is 2.43. The van der Waals surface area contributed by atoms with Crippen LogP contribution in [0.5, 0.6) is 0 Å². The number of nitrogens with one attached hydrogen (secondary N) is 1. The minimum absolute atomic E-state index is 0.0316. The molecule has 0 spiro atoms. The number of carbonyl (C=O) groups is 1. The van der Waals surface area contributed by atoms with E-state index >= 15 is 0 Å². The number of carbonyl (C=O) groups excluding carboxylic acids is 1. The molecule has 3 nitrogen and oxygen atoms in total. The second kappa shape index (κ2) is 5.55. The van der Waals surface area contributed by atoms with E-state index in [1.807, 2.05) is 0 Å². The standard InChI is InChI=1S/C15H12BrF3N2O/c16-11-6-2-4-9-3-1-5-10(13(9)11)14(15(17,18)19)21-8-7-12(22)20-21/h1-6,14H,7-8H2,(H,20,22)/t14-/m0/s1. The van der Waals surface area contributed by atoms with Crippen LogP contribution in [0.1, 0.15) is 18.0 Å². The number of amides is 1. The minimum atomic E-state index is -4.50. The van der Waals surface area contributed by atoms with Gasteiger partial charge in [-0.1, -0.05) is 46.3 Å². The summed E-state index contributed by atoms with van der Waals surface area (Å²) >= 11 is 3.33. The van der Waals surface area contributed by atoms with Crippen molar-refractivity contribution < 1.29 is 18.0 Å². The lowest BCUT2D eigenvalue weighted by Crippen LogP contribution is -2.43. The molecule has 1 fully saturated rings. The number of hydrogen-bond donors (Lipinski definition) is 1. The summed E-state index contributed by atoms with van der Waals surface area (Å²) in [7, 11) is 0. The maximum absolute atomic E-state index is 13.6. The molecule has 0 aliphatic carbocycles. The summed E-state index contributed by atoms with van der Waals surface area (Å²) < 4.78 is 41.5. The highest BCUT2D eigenvalue weighted by molar-refractivity contribution is 9.10. The fraction of sp³-hybridized carbons (Fsp3) is 0.267. The van der Waals surface area contributed by atoms with Crippen molar-refractivity contribution in [2.45, 2.75) is 18.6 Å². The summed E-state index contributed by atoms with van der Waals surface area (Å²) in [5, 5.41) is 2.19. The largest absolute Gasteiger partial charge is 0.409 e. The molecule has 0 aromatic heterocycles. The highest BCUT2D eigenvalue weighted by Crippen LogP contribution is 2.42. The SMILES string of the molecule is O=C1CCN([C@@H](c2cccc3cccc(Br)c23)C(F)(F)F)N1. The molecule has 2 aromatic carbocycles. The molecule has 1 amide bonds. The zero-order valence-electron chi connectivity index (χ0n) is 11.3. The zero-order valence-corrected chi connectivity index (χ0v) is 12.9. The van der Waals surface area contributed by atoms with E-state index < -0.39 is 18.1 Å². The van der Waals surface area contributed by atoms with Crippen LogP contribution in [0.3, 0.4) is 0 Å². The van der Waals surface area contributed by atoms with Gasteiger partial charge in [0.25, 0.3) is 0 Å². The van der Waals surface area contributed by atoms with Gasteiger partial charge in [-0.15, -0.1) is 0 Å². The van der Waals surface area contributed by atoms with Gasteiger partial charge in [-0.25, -0.2) is 5.01 Å². The fourth-order valence-corrected chi connectivity index (χ4v) is 3.37. The molecular formula is C15H12BrF3N2O. The van der Waals surface area contributed by atoms with E-state index in [1.54, 1.807) is 30.3 Å². The lowest BCUT2D eigenvalue weighted by molar-refractivity contribution is -0.190. The minimum Gasteiger partial charge on any atom is -0.288 e. The number of halogens is 4. The van der Waals surface area contributed by atoms with E-state index in [0.29, 0.717) is 15.2 Å². The van der Waals surface area contributed by atoms with Crippen molar-refractivity contribution in [1.29, 1.82) is 0 Å². The van der Waals surface area contributed by atoms with Gasteiger partial charge in [0.1, 0.15) is 0 Å². The van der Waals surface area contributed by atoms with Crippen LogP contribution >= 0.6 is 15.9 Å². The van der Waals surface area contributed by atoms with Crippen molar-refractivity contribution in [1.82, 2.24) is 10.4 Å². The van der Waals surface area contributed by atoms with Crippen LogP contribution in [0, 0.1) is 0 Å². The number of fused-ring (bicyclic) bond motifs is 1. The third-order valence-electron chi connectivity index (χ3n) is 3.65.